The highest BCUT2D eigenvalue weighted by atomic mass is 16.2. The molecule has 110 valence electrons. The molecule has 2 heterocycles. The lowest BCUT2D eigenvalue weighted by Gasteiger charge is -2.29. The van der Waals surface area contributed by atoms with E-state index in [2.05, 4.69) is 5.32 Å². The van der Waals surface area contributed by atoms with Gasteiger partial charge in [0.2, 0.25) is 5.91 Å². The number of carbonyl (C=O) groups excluding carboxylic acids is 3. The van der Waals surface area contributed by atoms with Crippen molar-refractivity contribution >= 4 is 23.5 Å². The van der Waals surface area contributed by atoms with Crippen LogP contribution in [-0.2, 0) is 16.0 Å². The molecule has 6 nitrogen and oxygen atoms in total. The van der Waals surface area contributed by atoms with E-state index in [1.165, 1.54) is 0 Å². The van der Waals surface area contributed by atoms with Crippen molar-refractivity contribution in [1.29, 1.82) is 0 Å². The van der Waals surface area contributed by atoms with Gasteiger partial charge in [0.25, 0.3) is 5.91 Å². The normalized spacial score (nSPS) is 22.3. The van der Waals surface area contributed by atoms with E-state index < -0.39 is 12.1 Å². The Morgan fingerprint density at radius 3 is 2.71 bits per heavy atom. The van der Waals surface area contributed by atoms with Crippen LogP contribution in [0.4, 0.5) is 10.5 Å². The molecule has 6 heteroatoms. The first-order valence-corrected chi connectivity index (χ1v) is 7.01. The molecule has 1 saturated heterocycles. The molecule has 0 saturated carbocycles. The van der Waals surface area contributed by atoms with Gasteiger partial charge >= 0.3 is 6.03 Å². The van der Waals surface area contributed by atoms with E-state index in [4.69, 9.17) is 0 Å². The monoisotopic (exact) mass is 287 g/mol. The van der Waals surface area contributed by atoms with Gasteiger partial charge in [0.1, 0.15) is 6.04 Å². The Kier molecular flexibility index (Phi) is 3.16. The minimum absolute atomic E-state index is 0.0260. The maximum absolute atomic E-state index is 12.7. The lowest BCUT2D eigenvalue weighted by atomic mass is 10.1. The number of para-hydroxylation sites is 1. The molecular weight excluding hydrogens is 270 g/mol. The molecule has 1 aromatic rings. The summed E-state index contributed by atoms with van der Waals surface area (Å²) in [7, 11) is 0. The first-order valence-electron chi connectivity index (χ1n) is 7.01. The molecular formula is C15H17N3O3. The van der Waals surface area contributed by atoms with Crippen LogP contribution in [0.25, 0.3) is 0 Å². The molecule has 2 aliphatic heterocycles. The molecule has 2 unspecified atom stereocenters. The zero-order valence-electron chi connectivity index (χ0n) is 12.0. The Labute approximate surface area is 122 Å². The minimum Gasteiger partial charge on any atom is -0.329 e. The Bertz CT molecular complexity index is 612. The van der Waals surface area contributed by atoms with Crippen LogP contribution in [-0.4, -0.2) is 41.4 Å². The number of carbonyl (C=O) groups is 3. The largest absolute Gasteiger partial charge is 0.329 e. The molecule has 2 atom stereocenters. The second-order valence-corrected chi connectivity index (χ2v) is 5.49. The minimum atomic E-state index is -0.798. The Balaban J connectivity index is 1.88. The molecule has 1 aromatic carbocycles. The summed E-state index contributed by atoms with van der Waals surface area (Å²) in [5.74, 6) is -0.584. The smallest absolute Gasteiger partial charge is 0.325 e. The number of amides is 4. The quantitative estimate of drug-likeness (QED) is 0.822. The molecule has 1 N–H and O–H groups in total. The number of nitrogens with one attached hydrogen (secondary N) is 1. The van der Waals surface area contributed by atoms with Gasteiger partial charge in [-0.15, -0.1) is 0 Å². The second-order valence-electron chi connectivity index (χ2n) is 5.49. The fraction of sp³-hybridized carbons (Fsp3) is 0.400. The third-order valence-corrected chi connectivity index (χ3v) is 4.07. The lowest BCUT2D eigenvalue weighted by molar-refractivity contribution is -0.132. The zero-order chi connectivity index (χ0) is 15.1. The van der Waals surface area contributed by atoms with Gasteiger partial charge in [0, 0.05) is 11.7 Å². The first kappa shape index (κ1) is 13.6. The maximum atomic E-state index is 12.7. The van der Waals surface area contributed by atoms with Crippen molar-refractivity contribution in [3.05, 3.63) is 29.8 Å². The predicted octanol–water partition coefficient (Wildman–Crippen LogP) is 0.904. The van der Waals surface area contributed by atoms with Crippen molar-refractivity contribution in [2.45, 2.75) is 32.4 Å². The molecule has 0 spiro atoms. The van der Waals surface area contributed by atoms with E-state index in [1.807, 2.05) is 31.2 Å². The van der Waals surface area contributed by atoms with Crippen molar-refractivity contribution in [2.24, 2.45) is 0 Å². The molecule has 2 aliphatic rings. The van der Waals surface area contributed by atoms with Crippen LogP contribution in [0.2, 0.25) is 0 Å². The van der Waals surface area contributed by atoms with E-state index in [-0.39, 0.29) is 24.4 Å². The average molecular weight is 287 g/mol. The SMILES string of the molecule is CC(C(=O)N1c2ccccc2CC1C)N1C(=O)CNC1=O. The van der Waals surface area contributed by atoms with Crippen LogP contribution in [0, 0.1) is 0 Å². The summed E-state index contributed by atoms with van der Waals surface area (Å²) < 4.78 is 0. The summed E-state index contributed by atoms with van der Waals surface area (Å²) in [5.41, 5.74) is 1.98. The van der Waals surface area contributed by atoms with Gasteiger partial charge in [-0.25, -0.2) is 4.79 Å². The molecule has 4 amide bonds. The number of rotatable bonds is 2. The molecule has 0 aliphatic carbocycles. The van der Waals surface area contributed by atoms with E-state index in [0.29, 0.717) is 0 Å². The van der Waals surface area contributed by atoms with Gasteiger partial charge in [0.15, 0.2) is 0 Å². The van der Waals surface area contributed by atoms with Crippen LogP contribution in [0.3, 0.4) is 0 Å². The third-order valence-electron chi connectivity index (χ3n) is 4.07. The number of hydrogen-bond acceptors (Lipinski definition) is 3. The summed E-state index contributed by atoms with van der Waals surface area (Å²) in [5, 5.41) is 2.44. The van der Waals surface area contributed by atoms with Crippen molar-refractivity contribution in [1.82, 2.24) is 10.2 Å². The number of urea groups is 1. The van der Waals surface area contributed by atoms with Crippen LogP contribution in [0.15, 0.2) is 24.3 Å². The van der Waals surface area contributed by atoms with Crippen molar-refractivity contribution in [3.8, 4) is 0 Å². The Morgan fingerprint density at radius 1 is 1.33 bits per heavy atom. The summed E-state index contributed by atoms with van der Waals surface area (Å²) in [6.07, 6.45) is 0.786. The summed E-state index contributed by atoms with van der Waals surface area (Å²) in [6, 6.07) is 6.45. The van der Waals surface area contributed by atoms with Gasteiger partial charge in [-0.3, -0.25) is 14.5 Å². The average Bonchev–Trinajstić information content (AvgIpc) is 2.96. The van der Waals surface area contributed by atoms with Crippen molar-refractivity contribution in [2.75, 3.05) is 11.4 Å². The fourth-order valence-electron chi connectivity index (χ4n) is 3.04. The van der Waals surface area contributed by atoms with E-state index in [1.54, 1.807) is 11.8 Å². The number of anilines is 1. The molecule has 1 fully saturated rings. The van der Waals surface area contributed by atoms with Gasteiger partial charge in [-0.05, 0) is 31.9 Å². The summed E-state index contributed by atoms with van der Waals surface area (Å²) in [4.78, 5) is 38.9. The van der Waals surface area contributed by atoms with Crippen LogP contribution in [0.1, 0.15) is 19.4 Å². The highest BCUT2D eigenvalue weighted by Crippen LogP contribution is 2.32. The molecule has 0 radical (unpaired) electrons. The first-order chi connectivity index (χ1) is 10.0. The van der Waals surface area contributed by atoms with Crippen LogP contribution in [0.5, 0.6) is 0 Å². The number of fused-ring (bicyclic) bond motifs is 1. The molecule has 21 heavy (non-hydrogen) atoms. The number of hydrogen-bond donors (Lipinski definition) is 1. The second kappa shape index (κ2) is 4.87. The topological polar surface area (TPSA) is 69.7 Å². The van der Waals surface area contributed by atoms with E-state index in [9.17, 15) is 14.4 Å². The van der Waals surface area contributed by atoms with E-state index >= 15 is 0 Å². The molecule has 3 rings (SSSR count). The zero-order valence-corrected chi connectivity index (χ0v) is 12.0. The highest BCUT2D eigenvalue weighted by molar-refractivity contribution is 6.08. The van der Waals surface area contributed by atoms with Gasteiger partial charge in [0.05, 0.1) is 6.54 Å². The van der Waals surface area contributed by atoms with Crippen LogP contribution < -0.4 is 10.2 Å². The fourth-order valence-corrected chi connectivity index (χ4v) is 3.04. The standard InChI is InChI=1S/C15H17N3O3/c1-9-7-11-5-3-4-6-12(11)17(9)14(20)10(2)18-13(19)8-16-15(18)21/h3-6,9-10H,7-8H2,1-2H3,(H,16,21). The van der Waals surface area contributed by atoms with Crippen molar-refractivity contribution < 1.29 is 14.4 Å². The third kappa shape index (κ3) is 2.07. The van der Waals surface area contributed by atoms with E-state index in [0.717, 1.165) is 22.6 Å². The predicted molar refractivity (Wildman–Crippen MR) is 76.8 cm³/mol. The van der Waals surface area contributed by atoms with Crippen molar-refractivity contribution in [3.63, 3.8) is 0 Å². The van der Waals surface area contributed by atoms with Gasteiger partial charge in [-0.1, -0.05) is 18.2 Å². The maximum Gasteiger partial charge on any atom is 0.325 e. The number of imide groups is 1. The Morgan fingerprint density at radius 2 is 2.05 bits per heavy atom. The number of nitrogens with zero attached hydrogens (tertiary/aromatic N) is 2. The van der Waals surface area contributed by atoms with Crippen LogP contribution >= 0.6 is 0 Å². The summed E-state index contributed by atoms with van der Waals surface area (Å²) >= 11 is 0. The Hall–Kier alpha value is -2.37. The summed E-state index contributed by atoms with van der Waals surface area (Å²) in [6.45, 7) is 3.53. The van der Waals surface area contributed by atoms with Gasteiger partial charge in [-0.2, -0.15) is 0 Å². The number of benzene rings is 1. The highest BCUT2D eigenvalue weighted by Gasteiger charge is 2.41. The molecule has 0 aromatic heterocycles. The van der Waals surface area contributed by atoms with Gasteiger partial charge < -0.3 is 10.2 Å². The molecule has 0 bridgehead atoms. The lowest BCUT2D eigenvalue weighted by Crippen LogP contribution is -2.51.